The minimum atomic E-state index is -3.74. The fourth-order valence-corrected chi connectivity index (χ4v) is 3.38. The Balaban J connectivity index is 2.12. The Morgan fingerprint density at radius 3 is 2.27 bits per heavy atom. The predicted molar refractivity (Wildman–Crippen MR) is 102 cm³/mol. The number of benzene rings is 2. The lowest BCUT2D eigenvalue weighted by atomic mass is 10.3. The first-order valence-corrected chi connectivity index (χ1v) is 9.70. The first kappa shape index (κ1) is 19.6. The molecule has 0 atom stereocenters. The van der Waals surface area contributed by atoms with Crippen molar-refractivity contribution >= 4 is 27.4 Å². The third-order valence-electron chi connectivity index (χ3n) is 3.79. The molecule has 140 valence electrons. The van der Waals surface area contributed by atoms with Crippen LogP contribution in [0.2, 0.25) is 0 Å². The Bertz CT molecular complexity index is 847. The number of amides is 2. The van der Waals surface area contributed by atoms with Gasteiger partial charge >= 0.3 is 6.03 Å². The summed E-state index contributed by atoms with van der Waals surface area (Å²) in [7, 11) is -2.23. The molecule has 0 aliphatic carbocycles. The SMILES string of the molecule is CCN(CC)C(=O)Nc1ccc(S(=O)(=O)Nc2cccc(OC)c2)cc1. The molecule has 0 spiro atoms. The Morgan fingerprint density at radius 2 is 1.69 bits per heavy atom. The van der Waals surface area contributed by atoms with Crippen LogP contribution in [0.3, 0.4) is 0 Å². The lowest BCUT2D eigenvalue weighted by Crippen LogP contribution is -2.34. The second-order valence-electron chi connectivity index (χ2n) is 5.46. The van der Waals surface area contributed by atoms with Crippen molar-refractivity contribution in [2.75, 3.05) is 30.2 Å². The molecule has 0 unspecified atom stereocenters. The molecular formula is C18H23N3O4S. The molecule has 0 heterocycles. The molecule has 2 N–H and O–H groups in total. The number of sulfonamides is 1. The van der Waals surface area contributed by atoms with Crippen molar-refractivity contribution in [2.45, 2.75) is 18.7 Å². The molecule has 0 saturated carbocycles. The number of nitrogens with zero attached hydrogens (tertiary/aromatic N) is 1. The summed E-state index contributed by atoms with van der Waals surface area (Å²) in [4.78, 5) is 13.8. The third-order valence-corrected chi connectivity index (χ3v) is 5.19. The molecule has 0 radical (unpaired) electrons. The number of methoxy groups -OCH3 is 1. The Hall–Kier alpha value is -2.74. The van der Waals surface area contributed by atoms with Gasteiger partial charge in [-0.2, -0.15) is 0 Å². The quantitative estimate of drug-likeness (QED) is 0.774. The van der Waals surface area contributed by atoms with Gasteiger partial charge in [0.25, 0.3) is 10.0 Å². The van der Waals surface area contributed by atoms with Gasteiger partial charge in [-0.25, -0.2) is 13.2 Å². The second-order valence-corrected chi connectivity index (χ2v) is 7.15. The summed E-state index contributed by atoms with van der Waals surface area (Å²) in [6.45, 7) is 4.98. The highest BCUT2D eigenvalue weighted by molar-refractivity contribution is 7.92. The smallest absolute Gasteiger partial charge is 0.321 e. The Kier molecular flexibility index (Phi) is 6.46. The third kappa shape index (κ3) is 4.89. The number of hydrogen-bond acceptors (Lipinski definition) is 4. The van der Waals surface area contributed by atoms with E-state index in [0.717, 1.165) is 0 Å². The topological polar surface area (TPSA) is 87.7 Å². The van der Waals surface area contributed by atoms with Crippen LogP contribution in [0.1, 0.15) is 13.8 Å². The number of rotatable bonds is 7. The summed E-state index contributed by atoms with van der Waals surface area (Å²) in [6.07, 6.45) is 0. The Morgan fingerprint density at radius 1 is 1.04 bits per heavy atom. The number of urea groups is 1. The van der Waals surface area contributed by atoms with E-state index in [2.05, 4.69) is 10.0 Å². The van der Waals surface area contributed by atoms with E-state index >= 15 is 0 Å². The molecule has 0 aliphatic rings. The van der Waals surface area contributed by atoms with Crippen molar-refractivity contribution in [2.24, 2.45) is 0 Å². The van der Waals surface area contributed by atoms with Crippen molar-refractivity contribution in [1.29, 1.82) is 0 Å². The second kappa shape index (κ2) is 8.57. The summed E-state index contributed by atoms with van der Waals surface area (Å²) in [5.41, 5.74) is 0.936. The molecule has 0 saturated heterocycles. The number of nitrogens with one attached hydrogen (secondary N) is 2. The maximum absolute atomic E-state index is 12.5. The van der Waals surface area contributed by atoms with Gasteiger partial charge in [0, 0.05) is 24.8 Å². The van der Waals surface area contributed by atoms with Crippen LogP contribution in [0.15, 0.2) is 53.4 Å². The average Bonchev–Trinajstić information content (AvgIpc) is 2.63. The Labute approximate surface area is 154 Å². The molecule has 26 heavy (non-hydrogen) atoms. The zero-order valence-corrected chi connectivity index (χ0v) is 15.8. The fourth-order valence-electron chi connectivity index (χ4n) is 2.33. The van der Waals surface area contributed by atoms with Crippen LogP contribution in [0.25, 0.3) is 0 Å². The maximum atomic E-state index is 12.5. The molecule has 0 aromatic heterocycles. The summed E-state index contributed by atoms with van der Waals surface area (Å²) in [5, 5.41) is 2.74. The van der Waals surface area contributed by atoms with Gasteiger partial charge in [0.05, 0.1) is 17.7 Å². The fraction of sp³-hybridized carbons (Fsp3) is 0.278. The van der Waals surface area contributed by atoms with E-state index in [9.17, 15) is 13.2 Å². The lowest BCUT2D eigenvalue weighted by molar-refractivity contribution is 0.217. The van der Waals surface area contributed by atoms with E-state index in [1.807, 2.05) is 13.8 Å². The maximum Gasteiger partial charge on any atom is 0.321 e. The molecule has 2 rings (SSSR count). The highest BCUT2D eigenvalue weighted by Gasteiger charge is 2.15. The lowest BCUT2D eigenvalue weighted by Gasteiger charge is -2.19. The molecule has 8 heteroatoms. The zero-order valence-electron chi connectivity index (χ0n) is 15.0. The van der Waals surface area contributed by atoms with Crippen molar-refractivity contribution in [3.8, 4) is 5.75 Å². The highest BCUT2D eigenvalue weighted by atomic mass is 32.2. The predicted octanol–water partition coefficient (Wildman–Crippen LogP) is 3.37. The minimum Gasteiger partial charge on any atom is -0.497 e. The minimum absolute atomic E-state index is 0.0983. The summed E-state index contributed by atoms with van der Waals surface area (Å²) >= 11 is 0. The van der Waals surface area contributed by atoms with Gasteiger partial charge in [0.15, 0.2) is 0 Å². The normalized spacial score (nSPS) is 10.9. The molecule has 0 aliphatic heterocycles. The van der Waals surface area contributed by atoms with Crippen molar-refractivity contribution in [1.82, 2.24) is 4.90 Å². The van der Waals surface area contributed by atoms with Gasteiger partial charge in [-0.05, 0) is 50.2 Å². The van der Waals surface area contributed by atoms with E-state index in [-0.39, 0.29) is 10.9 Å². The van der Waals surface area contributed by atoms with Crippen LogP contribution in [-0.2, 0) is 10.0 Å². The largest absolute Gasteiger partial charge is 0.497 e. The standard InChI is InChI=1S/C18H23N3O4S/c1-4-21(5-2)18(22)19-14-9-11-17(12-10-14)26(23,24)20-15-7-6-8-16(13-15)25-3/h6-13,20H,4-5H2,1-3H3,(H,19,22). The van der Waals surface area contributed by atoms with Crippen molar-refractivity contribution in [3.05, 3.63) is 48.5 Å². The number of hydrogen-bond donors (Lipinski definition) is 2. The van der Waals surface area contributed by atoms with E-state index in [1.165, 1.54) is 19.2 Å². The van der Waals surface area contributed by atoms with Crippen LogP contribution in [0.5, 0.6) is 5.75 Å². The van der Waals surface area contributed by atoms with E-state index in [4.69, 9.17) is 4.74 Å². The summed E-state index contributed by atoms with van der Waals surface area (Å²) in [6, 6.07) is 12.4. The molecular weight excluding hydrogens is 354 g/mol. The summed E-state index contributed by atoms with van der Waals surface area (Å²) in [5.74, 6) is 0.555. The molecule has 0 bridgehead atoms. The van der Waals surface area contributed by atoms with Crippen molar-refractivity contribution in [3.63, 3.8) is 0 Å². The van der Waals surface area contributed by atoms with E-state index < -0.39 is 10.0 Å². The van der Waals surface area contributed by atoms with Gasteiger partial charge in [-0.1, -0.05) is 6.07 Å². The van der Waals surface area contributed by atoms with Gasteiger partial charge in [-0.3, -0.25) is 4.72 Å². The van der Waals surface area contributed by atoms with Gasteiger partial charge in [0.1, 0.15) is 5.75 Å². The van der Waals surface area contributed by atoms with Crippen LogP contribution >= 0.6 is 0 Å². The molecule has 7 nitrogen and oxygen atoms in total. The first-order valence-electron chi connectivity index (χ1n) is 8.22. The van der Waals surface area contributed by atoms with Gasteiger partial charge < -0.3 is 15.0 Å². The van der Waals surface area contributed by atoms with Crippen LogP contribution in [-0.4, -0.2) is 39.5 Å². The number of carbonyl (C=O) groups excluding carboxylic acids is 1. The average molecular weight is 377 g/mol. The molecule has 2 aromatic carbocycles. The van der Waals surface area contributed by atoms with Crippen LogP contribution < -0.4 is 14.8 Å². The van der Waals surface area contributed by atoms with E-state index in [0.29, 0.717) is 30.2 Å². The van der Waals surface area contributed by atoms with Crippen LogP contribution in [0.4, 0.5) is 16.2 Å². The monoisotopic (exact) mass is 377 g/mol. The number of carbonyl (C=O) groups is 1. The van der Waals surface area contributed by atoms with Gasteiger partial charge in [-0.15, -0.1) is 0 Å². The number of anilines is 2. The molecule has 0 fully saturated rings. The highest BCUT2D eigenvalue weighted by Crippen LogP contribution is 2.21. The van der Waals surface area contributed by atoms with E-state index in [1.54, 1.807) is 41.3 Å². The first-order chi connectivity index (χ1) is 12.4. The number of ether oxygens (including phenoxy) is 1. The molecule has 2 amide bonds. The van der Waals surface area contributed by atoms with Crippen LogP contribution in [0, 0.1) is 0 Å². The molecule has 2 aromatic rings. The summed E-state index contributed by atoms with van der Waals surface area (Å²) < 4.78 is 32.6. The van der Waals surface area contributed by atoms with Gasteiger partial charge in [0.2, 0.25) is 0 Å². The van der Waals surface area contributed by atoms with Crippen molar-refractivity contribution < 1.29 is 17.9 Å². The zero-order chi connectivity index (χ0) is 19.2.